The normalized spacial score (nSPS) is 34.7. The van der Waals surface area contributed by atoms with Crippen LogP contribution in [0.1, 0.15) is 27.2 Å². The Morgan fingerprint density at radius 2 is 1.87 bits per heavy atom. The summed E-state index contributed by atoms with van der Waals surface area (Å²) in [5.74, 6) is 0.993. The summed E-state index contributed by atoms with van der Waals surface area (Å²) in [5.41, 5.74) is 5.54. The number of amides is 1. The molecule has 1 aliphatic carbocycles. The zero-order valence-corrected chi connectivity index (χ0v) is 9.69. The maximum Gasteiger partial charge on any atom is 0.410 e. The topological polar surface area (TPSA) is 55.6 Å². The fourth-order valence-electron chi connectivity index (χ4n) is 2.40. The highest BCUT2D eigenvalue weighted by molar-refractivity contribution is 5.68. The molecule has 0 aromatic rings. The third kappa shape index (κ3) is 2.09. The van der Waals surface area contributed by atoms with Crippen LogP contribution in [0.4, 0.5) is 4.79 Å². The lowest BCUT2D eigenvalue weighted by molar-refractivity contribution is -0.0265. The van der Waals surface area contributed by atoms with Crippen LogP contribution in [0.2, 0.25) is 0 Å². The summed E-state index contributed by atoms with van der Waals surface area (Å²) in [6, 6.07) is 0.309. The molecule has 0 aromatic carbocycles. The zero-order chi connectivity index (χ0) is 11.2. The standard InChI is InChI=1S/C11H20N2O2/c1-11(2,3)15-10(14)13-5-7-4-8(6-13)9(7)12/h7-9H,4-6,12H2,1-3H3/t7-,8+,9-. The number of hydrogen-bond acceptors (Lipinski definition) is 3. The van der Waals surface area contributed by atoms with Gasteiger partial charge in [0.05, 0.1) is 0 Å². The minimum Gasteiger partial charge on any atom is -0.444 e. The number of carbonyl (C=O) groups is 1. The van der Waals surface area contributed by atoms with Gasteiger partial charge in [0.1, 0.15) is 5.60 Å². The maximum atomic E-state index is 11.7. The predicted molar refractivity (Wildman–Crippen MR) is 57.4 cm³/mol. The van der Waals surface area contributed by atoms with Crippen molar-refractivity contribution in [1.82, 2.24) is 4.90 Å². The van der Waals surface area contributed by atoms with Gasteiger partial charge in [-0.1, -0.05) is 0 Å². The van der Waals surface area contributed by atoms with E-state index in [-0.39, 0.29) is 6.09 Å². The third-order valence-electron chi connectivity index (χ3n) is 3.26. The molecule has 2 bridgehead atoms. The molecule has 15 heavy (non-hydrogen) atoms. The molecular formula is C11H20N2O2. The molecule has 0 spiro atoms. The highest BCUT2D eigenvalue weighted by Gasteiger charge is 2.46. The van der Waals surface area contributed by atoms with Crippen molar-refractivity contribution in [3.05, 3.63) is 0 Å². The molecule has 1 saturated carbocycles. The lowest BCUT2D eigenvalue weighted by Gasteiger charge is -2.51. The SMILES string of the molecule is CC(C)(C)OC(=O)N1C[C@H]2C[C@@H](C1)[C@@H]2N. The van der Waals surface area contributed by atoms with Crippen LogP contribution in [-0.2, 0) is 4.74 Å². The van der Waals surface area contributed by atoms with Gasteiger partial charge in [0.25, 0.3) is 0 Å². The average Bonchev–Trinajstić information content (AvgIpc) is 2.14. The first-order valence-electron chi connectivity index (χ1n) is 5.60. The Balaban J connectivity index is 1.88. The van der Waals surface area contributed by atoms with Gasteiger partial charge in [0, 0.05) is 19.1 Å². The van der Waals surface area contributed by atoms with E-state index in [0.29, 0.717) is 17.9 Å². The second-order valence-corrected chi connectivity index (χ2v) is 5.72. The third-order valence-corrected chi connectivity index (χ3v) is 3.26. The number of carbonyl (C=O) groups excluding carboxylic acids is 1. The molecule has 86 valence electrons. The van der Waals surface area contributed by atoms with Crippen molar-refractivity contribution in [1.29, 1.82) is 0 Å². The van der Waals surface area contributed by atoms with Gasteiger partial charge in [-0.2, -0.15) is 0 Å². The fraction of sp³-hybridized carbons (Fsp3) is 0.909. The van der Waals surface area contributed by atoms with Crippen molar-refractivity contribution in [2.45, 2.75) is 38.8 Å². The number of hydrogen-bond donors (Lipinski definition) is 1. The first kappa shape index (κ1) is 10.7. The Bertz CT molecular complexity index is 260. The molecule has 0 aromatic heterocycles. The van der Waals surface area contributed by atoms with Crippen molar-refractivity contribution in [2.24, 2.45) is 17.6 Å². The highest BCUT2D eigenvalue weighted by Crippen LogP contribution is 2.38. The largest absolute Gasteiger partial charge is 0.444 e. The van der Waals surface area contributed by atoms with E-state index in [2.05, 4.69) is 0 Å². The summed E-state index contributed by atoms with van der Waals surface area (Å²) < 4.78 is 5.33. The highest BCUT2D eigenvalue weighted by atomic mass is 16.6. The molecule has 3 aliphatic rings. The first-order valence-corrected chi connectivity index (χ1v) is 5.60. The number of rotatable bonds is 0. The van der Waals surface area contributed by atoms with E-state index >= 15 is 0 Å². The Kier molecular flexibility index (Phi) is 2.41. The van der Waals surface area contributed by atoms with Crippen LogP contribution < -0.4 is 5.73 Å². The second kappa shape index (κ2) is 3.37. The summed E-state index contributed by atoms with van der Waals surface area (Å²) >= 11 is 0. The van der Waals surface area contributed by atoms with Gasteiger partial charge in [0.2, 0.25) is 0 Å². The number of piperidine rings is 2. The summed E-state index contributed by atoms with van der Waals surface area (Å²) in [7, 11) is 0. The van der Waals surface area contributed by atoms with Crippen molar-refractivity contribution < 1.29 is 9.53 Å². The Labute approximate surface area is 90.8 Å². The van der Waals surface area contributed by atoms with Gasteiger partial charge in [0.15, 0.2) is 0 Å². The monoisotopic (exact) mass is 212 g/mol. The number of fused-ring (bicyclic) bond motifs is 2. The molecule has 3 rings (SSSR count). The molecule has 4 nitrogen and oxygen atoms in total. The summed E-state index contributed by atoms with van der Waals surface area (Å²) in [5, 5.41) is 0. The van der Waals surface area contributed by atoms with Gasteiger partial charge in [-0.3, -0.25) is 0 Å². The molecule has 4 heteroatoms. The van der Waals surface area contributed by atoms with E-state index in [1.807, 2.05) is 20.8 Å². The molecule has 2 heterocycles. The van der Waals surface area contributed by atoms with Gasteiger partial charge >= 0.3 is 6.09 Å². The Morgan fingerprint density at radius 1 is 1.33 bits per heavy atom. The van der Waals surface area contributed by atoms with Gasteiger partial charge in [-0.25, -0.2) is 4.79 Å². The number of ether oxygens (including phenoxy) is 1. The smallest absolute Gasteiger partial charge is 0.410 e. The molecular weight excluding hydrogens is 192 g/mol. The van der Waals surface area contributed by atoms with E-state index in [0.717, 1.165) is 13.1 Å². The lowest BCUT2D eigenvalue weighted by atomic mass is 9.67. The van der Waals surface area contributed by atoms with Crippen LogP contribution >= 0.6 is 0 Å². The minimum atomic E-state index is -0.402. The van der Waals surface area contributed by atoms with Crippen LogP contribution in [0.15, 0.2) is 0 Å². The lowest BCUT2D eigenvalue weighted by Crippen LogP contribution is -2.63. The number of nitrogens with zero attached hydrogens (tertiary/aromatic N) is 1. The minimum absolute atomic E-state index is 0.191. The predicted octanol–water partition coefficient (Wildman–Crippen LogP) is 1.20. The summed E-state index contributed by atoms with van der Waals surface area (Å²) in [6.45, 7) is 7.21. The molecule has 2 aliphatic heterocycles. The Morgan fingerprint density at radius 3 is 2.27 bits per heavy atom. The molecule has 2 N–H and O–H groups in total. The fourth-order valence-corrected chi connectivity index (χ4v) is 2.40. The van der Waals surface area contributed by atoms with E-state index in [9.17, 15) is 4.79 Å². The van der Waals surface area contributed by atoms with Crippen LogP contribution in [0.25, 0.3) is 0 Å². The number of nitrogens with two attached hydrogens (primary N) is 1. The molecule has 1 amide bonds. The molecule has 0 unspecified atom stereocenters. The van der Waals surface area contributed by atoms with Gasteiger partial charge in [-0.05, 0) is 39.0 Å². The zero-order valence-electron chi connectivity index (χ0n) is 9.69. The van der Waals surface area contributed by atoms with Crippen molar-refractivity contribution in [3.63, 3.8) is 0 Å². The molecule has 3 atom stereocenters. The molecule has 3 fully saturated rings. The van der Waals surface area contributed by atoms with E-state index in [1.165, 1.54) is 6.42 Å². The maximum absolute atomic E-state index is 11.7. The Hall–Kier alpha value is -0.770. The van der Waals surface area contributed by atoms with E-state index in [4.69, 9.17) is 10.5 Å². The first-order chi connectivity index (χ1) is 6.87. The van der Waals surface area contributed by atoms with Crippen molar-refractivity contribution in [2.75, 3.05) is 13.1 Å². The van der Waals surface area contributed by atoms with Crippen LogP contribution in [-0.4, -0.2) is 35.7 Å². The van der Waals surface area contributed by atoms with E-state index < -0.39 is 5.60 Å². The summed E-state index contributed by atoms with van der Waals surface area (Å²) in [4.78, 5) is 13.5. The average molecular weight is 212 g/mol. The van der Waals surface area contributed by atoms with Crippen LogP contribution in [0.5, 0.6) is 0 Å². The van der Waals surface area contributed by atoms with Gasteiger partial charge < -0.3 is 15.4 Å². The molecule has 0 radical (unpaired) electrons. The summed E-state index contributed by atoms with van der Waals surface area (Å²) in [6.07, 6.45) is 0.990. The van der Waals surface area contributed by atoms with E-state index in [1.54, 1.807) is 4.90 Å². The van der Waals surface area contributed by atoms with Gasteiger partial charge in [-0.15, -0.1) is 0 Å². The van der Waals surface area contributed by atoms with Crippen LogP contribution in [0.3, 0.4) is 0 Å². The van der Waals surface area contributed by atoms with Crippen molar-refractivity contribution in [3.8, 4) is 0 Å². The molecule has 2 saturated heterocycles. The van der Waals surface area contributed by atoms with Crippen LogP contribution in [0, 0.1) is 11.8 Å². The quantitative estimate of drug-likeness (QED) is 0.656. The second-order valence-electron chi connectivity index (χ2n) is 5.72. The van der Waals surface area contributed by atoms with Crippen molar-refractivity contribution >= 4 is 6.09 Å².